The predicted molar refractivity (Wildman–Crippen MR) is 41.1 cm³/mol. The van der Waals surface area contributed by atoms with Crippen LogP contribution in [0.3, 0.4) is 0 Å². The lowest BCUT2D eigenvalue weighted by Gasteiger charge is -1.90. The number of hydrogen-bond donors (Lipinski definition) is 2. The van der Waals surface area contributed by atoms with E-state index in [-0.39, 0.29) is 0 Å². The van der Waals surface area contributed by atoms with Gasteiger partial charge in [-0.15, -0.1) is 0 Å². The summed E-state index contributed by atoms with van der Waals surface area (Å²) in [6.07, 6.45) is 1.35. The largest absolute Gasteiger partial charge is 0.383 e. The van der Waals surface area contributed by atoms with Crippen molar-refractivity contribution in [2.45, 2.75) is 0 Å². The number of halogens is 1. The number of rotatable bonds is 0. The maximum absolute atomic E-state index is 5.68. The van der Waals surface area contributed by atoms with Gasteiger partial charge in [0.05, 0.1) is 0 Å². The van der Waals surface area contributed by atoms with Gasteiger partial charge in [-0.1, -0.05) is 11.6 Å². The zero-order valence-corrected chi connectivity index (χ0v) is 6.13. The van der Waals surface area contributed by atoms with Crippen molar-refractivity contribution in [2.24, 2.45) is 0 Å². The number of nitrogen functional groups attached to an aromatic ring is 1. The number of anilines is 1. The standard InChI is InChI=1S/C5H4ClN5/c6-3-2-4(7)8-1-9-5(2)11-10-3/h1H,(H3,7,8,9,10,11). The van der Waals surface area contributed by atoms with Crippen molar-refractivity contribution in [1.82, 2.24) is 20.2 Å². The third-order valence-electron chi connectivity index (χ3n) is 1.34. The maximum atomic E-state index is 5.68. The Morgan fingerprint density at radius 2 is 2.27 bits per heavy atom. The molecular weight excluding hydrogens is 166 g/mol. The van der Waals surface area contributed by atoms with Crippen LogP contribution in [0.5, 0.6) is 0 Å². The first-order valence-electron chi connectivity index (χ1n) is 2.89. The van der Waals surface area contributed by atoms with Crippen LogP contribution < -0.4 is 5.73 Å². The predicted octanol–water partition coefficient (Wildman–Crippen LogP) is 0.588. The Morgan fingerprint density at radius 3 is 3.00 bits per heavy atom. The summed E-state index contributed by atoms with van der Waals surface area (Å²) < 4.78 is 0. The third-order valence-corrected chi connectivity index (χ3v) is 1.62. The van der Waals surface area contributed by atoms with Crippen molar-refractivity contribution in [3.63, 3.8) is 0 Å². The molecule has 3 N–H and O–H groups in total. The summed E-state index contributed by atoms with van der Waals surface area (Å²) >= 11 is 5.68. The van der Waals surface area contributed by atoms with E-state index < -0.39 is 0 Å². The van der Waals surface area contributed by atoms with Gasteiger partial charge in [0.1, 0.15) is 17.5 Å². The van der Waals surface area contributed by atoms with E-state index in [1.807, 2.05) is 0 Å². The highest BCUT2D eigenvalue weighted by Crippen LogP contribution is 2.21. The van der Waals surface area contributed by atoms with Gasteiger partial charge in [-0.2, -0.15) is 5.10 Å². The first-order valence-corrected chi connectivity index (χ1v) is 3.27. The number of aromatic nitrogens is 4. The van der Waals surface area contributed by atoms with Crippen LogP contribution in [0.2, 0.25) is 5.15 Å². The van der Waals surface area contributed by atoms with Gasteiger partial charge in [0, 0.05) is 0 Å². The van der Waals surface area contributed by atoms with Crippen LogP contribution in [0, 0.1) is 0 Å². The fourth-order valence-corrected chi connectivity index (χ4v) is 1.07. The van der Waals surface area contributed by atoms with Gasteiger partial charge in [-0.3, -0.25) is 5.10 Å². The van der Waals surface area contributed by atoms with E-state index in [9.17, 15) is 0 Å². The van der Waals surface area contributed by atoms with Crippen molar-refractivity contribution in [1.29, 1.82) is 0 Å². The van der Waals surface area contributed by atoms with Gasteiger partial charge in [0.15, 0.2) is 10.8 Å². The van der Waals surface area contributed by atoms with E-state index >= 15 is 0 Å². The van der Waals surface area contributed by atoms with Crippen molar-refractivity contribution >= 4 is 28.5 Å². The average Bonchev–Trinajstić information content (AvgIpc) is 2.34. The molecule has 2 rings (SSSR count). The van der Waals surface area contributed by atoms with Crippen LogP contribution in [0.4, 0.5) is 5.82 Å². The van der Waals surface area contributed by atoms with Crippen LogP contribution in [0.15, 0.2) is 6.33 Å². The van der Waals surface area contributed by atoms with Crippen LogP contribution in [0.1, 0.15) is 0 Å². The monoisotopic (exact) mass is 169 g/mol. The molecule has 6 heteroatoms. The molecule has 0 saturated carbocycles. The second kappa shape index (κ2) is 2.06. The molecule has 0 fully saturated rings. The highest BCUT2D eigenvalue weighted by atomic mass is 35.5. The minimum atomic E-state index is 0.304. The number of hydrogen-bond acceptors (Lipinski definition) is 4. The quantitative estimate of drug-likeness (QED) is 0.605. The lowest BCUT2D eigenvalue weighted by molar-refractivity contribution is 1.09. The molecule has 2 aromatic heterocycles. The number of nitrogens with one attached hydrogen (secondary N) is 1. The minimum absolute atomic E-state index is 0.304. The van der Waals surface area contributed by atoms with E-state index in [0.29, 0.717) is 22.0 Å². The first-order chi connectivity index (χ1) is 5.29. The molecular formula is C5H4ClN5. The lowest BCUT2D eigenvalue weighted by atomic mass is 10.4. The minimum Gasteiger partial charge on any atom is -0.383 e. The Kier molecular flexibility index (Phi) is 1.19. The zero-order valence-electron chi connectivity index (χ0n) is 5.37. The number of nitrogens with two attached hydrogens (primary N) is 1. The number of aromatic amines is 1. The zero-order chi connectivity index (χ0) is 7.84. The van der Waals surface area contributed by atoms with Crippen LogP contribution >= 0.6 is 11.6 Å². The maximum Gasteiger partial charge on any atom is 0.164 e. The summed E-state index contributed by atoms with van der Waals surface area (Å²) in [4.78, 5) is 7.63. The topological polar surface area (TPSA) is 80.5 Å². The van der Waals surface area contributed by atoms with E-state index in [2.05, 4.69) is 20.2 Å². The highest BCUT2D eigenvalue weighted by molar-refractivity contribution is 6.34. The highest BCUT2D eigenvalue weighted by Gasteiger charge is 2.06. The Hall–Kier alpha value is -1.36. The van der Waals surface area contributed by atoms with Crippen LogP contribution in [-0.4, -0.2) is 20.2 Å². The van der Waals surface area contributed by atoms with E-state index in [0.717, 1.165) is 0 Å². The molecule has 11 heavy (non-hydrogen) atoms. The molecule has 2 heterocycles. The Labute approximate surface area is 66.6 Å². The summed E-state index contributed by atoms with van der Waals surface area (Å²) in [7, 11) is 0. The summed E-state index contributed by atoms with van der Waals surface area (Å²) in [6, 6.07) is 0. The van der Waals surface area contributed by atoms with Crippen LogP contribution in [-0.2, 0) is 0 Å². The molecule has 0 unspecified atom stereocenters. The normalized spacial score (nSPS) is 10.6. The van der Waals surface area contributed by atoms with E-state index in [1.165, 1.54) is 6.33 Å². The van der Waals surface area contributed by atoms with Gasteiger partial charge < -0.3 is 5.73 Å². The molecule has 0 radical (unpaired) electrons. The second-order valence-electron chi connectivity index (χ2n) is 2.00. The third kappa shape index (κ3) is 0.813. The summed E-state index contributed by atoms with van der Waals surface area (Å²) in [5.41, 5.74) is 6.06. The van der Waals surface area contributed by atoms with Crippen LogP contribution in [0.25, 0.3) is 11.0 Å². The second-order valence-corrected chi connectivity index (χ2v) is 2.35. The molecule has 0 aromatic carbocycles. The Balaban J connectivity index is 2.96. The average molecular weight is 170 g/mol. The molecule has 0 atom stereocenters. The Bertz CT molecular complexity index is 395. The van der Waals surface area contributed by atoms with Crippen molar-refractivity contribution in [3.8, 4) is 0 Å². The van der Waals surface area contributed by atoms with Crippen molar-refractivity contribution in [3.05, 3.63) is 11.5 Å². The number of H-pyrrole nitrogens is 1. The number of nitrogens with zero attached hydrogens (tertiary/aromatic N) is 3. The van der Waals surface area contributed by atoms with E-state index in [4.69, 9.17) is 17.3 Å². The fraction of sp³-hybridized carbons (Fsp3) is 0. The van der Waals surface area contributed by atoms with E-state index in [1.54, 1.807) is 0 Å². The molecule has 0 saturated heterocycles. The molecule has 0 aliphatic heterocycles. The fourth-order valence-electron chi connectivity index (χ4n) is 0.845. The smallest absolute Gasteiger partial charge is 0.164 e. The van der Waals surface area contributed by atoms with Gasteiger partial charge in [0.25, 0.3) is 0 Å². The van der Waals surface area contributed by atoms with Gasteiger partial charge >= 0.3 is 0 Å². The van der Waals surface area contributed by atoms with Gasteiger partial charge in [-0.05, 0) is 0 Å². The van der Waals surface area contributed by atoms with Gasteiger partial charge in [0.2, 0.25) is 0 Å². The van der Waals surface area contributed by atoms with Crippen molar-refractivity contribution in [2.75, 3.05) is 5.73 Å². The first kappa shape index (κ1) is 6.36. The summed E-state index contributed by atoms with van der Waals surface area (Å²) in [6.45, 7) is 0. The SMILES string of the molecule is Nc1ncnc2[nH]nc(Cl)c12. The van der Waals surface area contributed by atoms with Crippen molar-refractivity contribution < 1.29 is 0 Å². The summed E-state index contributed by atoms with van der Waals surface area (Å²) in [5, 5.41) is 7.21. The molecule has 2 aromatic rings. The molecule has 5 nitrogen and oxygen atoms in total. The molecule has 0 spiro atoms. The molecule has 0 aliphatic carbocycles. The summed E-state index contributed by atoms with van der Waals surface area (Å²) in [5.74, 6) is 0.341. The Morgan fingerprint density at radius 1 is 1.45 bits per heavy atom. The molecule has 0 bridgehead atoms. The van der Waals surface area contributed by atoms with Gasteiger partial charge in [-0.25, -0.2) is 9.97 Å². The molecule has 0 aliphatic rings. The molecule has 0 amide bonds. The number of fused-ring (bicyclic) bond motifs is 1. The molecule has 56 valence electrons. The lowest BCUT2D eigenvalue weighted by Crippen LogP contribution is -1.91.